The van der Waals surface area contributed by atoms with Crippen LogP contribution in [0.4, 0.5) is 4.39 Å². The topological polar surface area (TPSA) is 43.8 Å². The Bertz CT molecular complexity index is 491. The molecule has 1 amide bonds. The normalized spacial score (nSPS) is 16.2. The van der Waals surface area contributed by atoms with Gasteiger partial charge in [0.2, 0.25) is 0 Å². The van der Waals surface area contributed by atoms with Gasteiger partial charge in [0.15, 0.2) is 0 Å². The Balaban J connectivity index is 1.89. The number of piperazine rings is 1. The first-order valence-electron chi connectivity index (χ1n) is 7.19. The first-order chi connectivity index (χ1) is 10.1. The third-order valence-electron chi connectivity index (χ3n) is 3.70. The van der Waals surface area contributed by atoms with Crippen molar-refractivity contribution in [3.8, 4) is 0 Å². The van der Waals surface area contributed by atoms with Crippen LogP contribution in [0.5, 0.6) is 0 Å². The molecule has 0 bridgehead atoms. The maximum Gasteiger partial charge on any atom is 0.256 e. The average molecular weight is 315 g/mol. The second-order valence-electron chi connectivity index (χ2n) is 5.19. The van der Waals surface area contributed by atoms with E-state index in [1.807, 2.05) is 0 Å². The predicted molar refractivity (Wildman–Crippen MR) is 80.1 cm³/mol. The van der Waals surface area contributed by atoms with Crippen LogP contribution >= 0.6 is 11.6 Å². The number of halogens is 2. The molecule has 0 atom stereocenters. The third kappa shape index (κ3) is 4.40. The maximum absolute atomic E-state index is 13.7. The summed E-state index contributed by atoms with van der Waals surface area (Å²) in [6, 6.07) is 4.04. The van der Waals surface area contributed by atoms with Crippen LogP contribution in [0.3, 0.4) is 0 Å². The van der Waals surface area contributed by atoms with Crippen LogP contribution in [0.1, 0.15) is 23.2 Å². The molecular formula is C15H20ClFN2O2. The van der Waals surface area contributed by atoms with Crippen molar-refractivity contribution in [1.29, 1.82) is 0 Å². The maximum atomic E-state index is 13.7. The molecule has 0 saturated carbocycles. The Kier molecular flexibility index (Phi) is 5.96. The Morgan fingerprint density at radius 1 is 1.24 bits per heavy atom. The first kappa shape index (κ1) is 16.2. The average Bonchev–Trinajstić information content (AvgIpc) is 2.50. The smallest absolute Gasteiger partial charge is 0.256 e. The second-order valence-corrected chi connectivity index (χ2v) is 5.63. The summed E-state index contributed by atoms with van der Waals surface area (Å²) in [7, 11) is 0. The molecule has 1 saturated heterocycles. The van der Waals surface area contributed by atoms with E-state index >= 15 is 0 Å². The molecule has 21 heavy (non-hydrogen) atoms. The van der Waals surface area contributed by atoms with Crippen molar-refractivity contribution in [2.24, 2.45) is 0 Å². The highest BCUT2D eigenvalue weighted by molar-refractivity contribution is 6.31. The molecule has 0 spiro atoms. The zero-order valence-corrected chi connectivity index (χ0v) is 12.7. The zero-order valence-electron chi connectivity index (χ0n) is 11.9. The molecule has 0 aliphatic carbocycles. The van der Waals surface area contributed by atoms with Crippen molar-refractivity contribution >= 4 is 17.5 Å². The van der Waals surface area contributed by atoms with Gasteiger partial charge in [0.1, 0.15) is 5.82 Å². The molecule has 1 aromatic rings. The molecule has 1 aromatic carbocycles. The van der Waals surface area contributed by atoms with E-state index in [1.54, 1.807) is 4.90 Å². The summed E-state index contributed by atoms with van der Waals surface area (Å²) in [6.07, 6.45) is 1.75. The minimum atomic E-state index is -0.533. The Labute approximate surface area is 129 Å². The monoisotopic (exact) mass is 314 g/mol. The van der Waals surface area contributed by atoms with Crippen LogP contribution in [-0.2, 0) is 0 Å². The van der Waals surface area contributed by atoms with Gasteiger partial charge in [0.25, 0.3) is 5.91 Å². The fourth-order valence-corrected chi connectivity index (χ4v) is 2.63. The van der Waals surface area contributed by atoms with E-state index in [2.05, 4.69) is 4.90 Å². The summed E-state index contributed by atoms with van der Waals surface area (Å²) < 4.78 is 13.7. The van der Waals surface area contributed by atoms with Gasteiger partial charge >= 0.3 is 0 Å². The van der Waals surface area contributed by atoms with Crippen molar-refractivity contribution in [2.45, 2.75) is 12.8 Å². The number of carbonyl (C=O) groups excluding carboxylic acids is 1. The summed E-state index contributed by atoms with van der Waals surface area (Å²) in [5, 5.41) is 9.13. The summed E-state index contributed by atoms with van der Waals surface area (Å²) in [5.74, 6) is -0.834. The number of unbranched alkanes of at least 4 members (excludes halogenated alkanes) is 1. The molecule has 116 valence electrons. The number of hydrogen-bond donors (Lipinski definition) is 1. The van der Waals surface area contributed by atoms with Crippen molar-refractivity contribution in [1.82, 2.24) is 9.80 Å². The van der Waals surface area contributed by atoms with Crippen LogP contribution in [0, 0.1) is 5.82 Å². The summed E-state index contributed by atoms with van der Waals surface area (Å²) in [4.78, 5) is 16.2. The van der Waals surface area contributed by atoms with E-state index in [0.29, 0.717) is 18.1 Å². The number of hydrogen-bond acceptors (Lipinski definition) is 3. The molecule has 0 aromatic heterocycles. The number of rotatable bonds is 5. The molecule has 1 heterocycles. The van der Waals surface area contributed by atoms with Crippen LogP contribution in [0.2, 0.25) is 5.02 Å². The molecule has 4 nitrogen and oxygen atoms in total. The molecule has 1 aliphatic heterocycles. The van der Waals surface area contributed by atoms with Gasteiger partial charge in [-0.1, -0.05) is 11.6 Å². The lowest BCUT2D eigenvalue weighted by Crippen LogP contribution is -2.49. The Morgan fingerprint density at radius 3 is 2.62 bits per heavy atom. The highest BCUT2D eigenvalue weighted by Crippen LogP contribution is 2.17. The molecule has 1 fully saturated rings. The first-order valence-corrected chi connectivity index (χ1v) is 7.57. The zero-order chi connectivity index (χ0) is 15.2. The van der Waals surface area contributed by atoms with Crippen molar-refractivity contribution in [3.05, 3.63) is 34.6 Å². The van der Waals surface area contributed by atoms with E-state index in [-0.39, 0.29) is 18.1 Å². The largest absolute Gasteiger partial charge is 0.396 e. The number of aliphatic hydroxyl groups excluding tert-OH is 1. The fourth-order valence-electron chi connectivity index (χ4n) is 2.45. The van der Waals surface area contributed by atoms with Crippen molar-refractivity contribution < 1.29 is 14.3 Å². The van der Waals surface area contributed by atoms with Crippen molar-refractivity contribution in [2.75, 3.05) is 39.3 Å². The third-order valence-corrected chi connectivity index (χ3v) is 3.94. The lowest BCUT2D eigenvalue weighted by Gasteiger charge is -2.34. The fraction of sp³-hybridized carbons (Fsp3) is 0.533. The van der Waals surface area contributed by atoms with E-state index in [9.17, 15) is 9.18 Å². The van der Waals surface area contributed by atoms with Crippen LogP contribution in [0.15, 0.2) is 18.2 Å². The van der Waals surface area contributed by atoms with E-state index < -0.39 is 5.82 Å². The standard InChI is InChI=1S/C15H20ClFN2O2/c16-12-3-4-14(17)13(11-12)15(21)19-8-6-18(7-9-19)5-1-2-10-20/h3-4,11,20H,1-2,5-10H2. The van der Waals surface area contributed by atoms with Crippen LogP contribution < -0.4 is 0 Å². The van der Waals surface area contributed by atoms with E-state index in [1.165, 1.54) is 18.2 Å². The van der Waals surface area contributed by atoms with Gasteiger partial charge in [-0.3, -0.25) is 9.69 Å². The SMILES string of the molecule is O=C(c1cc(Cl)ccc1F)N1CCN(CCCCO)CC1. The van der Waals surface area contributed by atoms with Gasteiger partial charge < -0.3 is 10.0 Å². The molecule has 2 rings (SSSR count). The van der Waals surface area contributed by atoms with E-state index in [0.717, 1.165) is 32.5 Å². The lowest BCUT2D eigenvalue weighted by atomic mass is 10.1. The predicted octanol–water partition coefficient (Wildman–Crippen LogP) is 2.01. The van der Waals surface area contributed by atoms with E-state index in [4.69, 9.17) is 16.7 Å². The Morgan fingerprint density at radius 2 is 1.95 bits per heavy atom. The minimum absolute atomic E-state index is 0.0382. The number of aliphatic hydroxyl groups is 1. The van der Waals surface area contributed by atoms with Gasteiger partial charge in [-0.15, -0.1) is 0 Å². The summed E-state index contributed by atoms with van der Waals surface area (Å²) >= 11 is 5.83. The highest BCUT2D eigenvalue weighted by atomic mass is 35.5. The molecule has 0 radical (unpaired) electrons. The second kappa shape index (κ2) is 7.73. The van der Waals surface area contributed by atoms with Gasteiger partial charge in [0.05, 0.1) is 5.56 Å². The number of amides is 1. The molecular weight excluding hydrogens is 295 g/mol. The number of nitrogens with zero attached hydrogens (tertiary/aromatic N) is 2. The quantitative estimate of drug-likeness (QED) is 0.846. The van der Waals surface area contributed by atoms with Gasteiger partial charge in [0, 0.05) is 37.8 Å². The lowest BCUT2D eigenvalue weighted by molar-refractivity contribution is 0.0629. The molecule has 1 aliphatic rings. The summed E-state index contributed by atoms with van der Waals surface area (Å²) in [6.45, 7) is 3.87. The van der Waals surface area contributed by atoms with Gasteiger partial charge in [-0.25, -0.2) is 4.39 Å². The van der Waals surface area contributed by atoms with Crippen molar-refractivity contribution in [3.63, 3.8) is 0 Å². The highest BCUT2D eigenvalue weighted by Gasteiger charge is 2.23. The molecule has 6 heteroatoms. The summed E-state index contributed by atoms with van der Waals surface area (Å²) in [5.41, 5.74) is 0.0382. The van der Waals surface area contributed by atoms with Crippen LogP contribution in [-0.4, -0.2) is 60.1 Å². The molecule has 1 N–H and O–H groups in total. The number of carbonyl (C=O) groups is 1. The molecule has 0 unspecified atom stereocenters. The van der Waals surface area contributed by atoms with Gasteiger partial charge in [-0.2, -0.15) is 0 Å². The van der Waals surface area contributed by atoms with Crippen LogP contribution in [0.25, 0.3) is 0 Å². The Hall–Kier alpha value is -1.17. The minimum Gasteiger partial charge on any atom is -0.396 e. The van der Waals surface area contributed by atoms with Gasteiger partial charge in [-0.05, 0) is 37.6 Å². The number of benzene rings is 1.